The molecule has 1 fully saturated rings. The van der Waals surface area contributed by atoms with E-state index in [1.807, 2.05) is 42.5 Å². The largest absolute Gasteiger partial charge is 0.340 e. The van der Waals surface area contributed by atoms with Gasteiger partial charge in [0, 0.05) is 60.7 Å². The van der Waals surface area contributed by atoms with Gasteiger partial charge in [-0.25, -0.2) is 8.42 Å². The molecule has 0 aromatic heterocycles. The Morgan fingerprint density at radius 3 is 2.22 bits per heavy atom. The van der Waals surface area contributed by atoms with Gasteiger partial charge in [-0.05, 0) is 63.3 Å². The fraction of sp³-hybridized carbons (Fsp3) is 0.355. The summed E-state index contributed by atoms with van der Waals surface area (Å²) in [5.41, 5.74) is 3.89. The van der Waals surface area contributed by atoms with Gasteiger partial charge in [0.25, 0.3) is 0 Å². The number of sulfone groups is 1. The molecular weight excluding hydrogens is 626 g/mol. The highest BCUT2D eigenvalue weighted by molar-refractivity contribution is 9.10. The molecule has 3 aromatic carbocycles. The maximum atomic E-state index is 13.3. The van der Waals surface area contributed by atoms with Crippen LogP contribution in [0.1, 0.15) is 42.5 Å². The molecule has 2 aliphatic heterocycles. The van der Waals surface area contributed by atoms with Crippen molar-refractivity contribution < 1.29 is 18.0 Å². The second-order valence-electron chi connectivity index (χ2n) is 10.4. The van der Waals surface area contributed by atoms with Crippen LogP contribution in [0, 0.1) is 0 Å². The summed E-state index contributed by atoms with van der Waals surface area (Å²) in [5, 5.41) is 0.685. The standard InChI is InChI=1S/C31H33BrClN3O4S/c1-2-29(37)36-14-12-24-20-26(32)28(21-27(24)36)41(39,40)19-13-30(38)34-15-17-35(18-16-34)31(22-6-4-3-5-7-22)23-8-10-25(33)11-9-23/h3-11,20-21,31H,2,12-19H2,1H3/t31-/m1/s1. The molecule has 216 valence electrons. The van der Waals surface area contributed by atoms with Crippen LogP contribution in [-0.4, -0.2) is 68.5 Å². The van der Waals surface area contributed by atoms with E-state index >= 15 is 0 Å². The highest BCUT2D eigenvalue weighted by Gasteiger charge is 2.31. The molecule has 0 N–H and O–H groups in total. The van der Waals surface area contributed by atoms with Crippen molar-refractivity contribution in [1.82, 2.24) is 9.80 Å². The average molecular weight is 659 g/mol. The molecule has 0 aliphatic carbocycles. The van der Waals surface area contributed by atoms with Crippen LogP contribution >= 0.6 is 27.5 Å². The zero-order valence-electron chi connectivity index (χ0n) is 22.9. The number of piperazine rings is 1. The summed E-state index contributed by atoms with van der Waals surface area (Å²) >= 11 is 9.56. The first-order chi connectivity index (χ1) is 19.7. The molecule has 10 heteroatoms. The smallest absolute Gasteiger partial charge is 0.226 e. The number of nitrogens with zero attached hydrogens (tertiary/aromatic N) is 3. The molecule has 2 aliphatic rings. The third-order valence-electron chi connectivity index (χ3n) is 7.89. The number of halogens is 2. The molecule has 41 heavy (non-hydrogen) atoms. The predicted molar refractivity (Wildman–Crippen MR) is 165 cm³/mol. The fourth-order valence-electron chi connectivity index (χ4n) is 5.69. The van der Waals surface area contributed by atoms with E-state index < -0.39 is 9.84 Å². The number of hydrogen-bond acceptors (Lipinski definition) is 5. The van der Waals surface area contributed by atoms with Crippen molar-refractivity contribution in [3.05, 3.63) is 92.9 Å². The Labute approximate surface area is 255 Å². The first-order valence-electron chi connectivity index (χ1n) is 13.9. The Morgan fingerprint density at radius 1 is 0.902 bits per heavy atom. The minimum atomic E-state index is -3.76. The molecule has 0 saturated carbocycles. The third kappa shape index (κ3) is 6.53. The van der Waals surface area contributed by atoms with Crippen molar-refractivity contribution in [3.63, 3.8) is 0 Å². The molecule has 0 radical (unpaired) electrons. The van der Waals surface area contributed by atoms with Crippen molar-refractivity contribution >= 4 is 54.9 Å². The quantitative estimate of drug-likeness (QED) is 0.320. The molecule has 7 nitrogen and oxygen atoms in total. The first kappa shape index (κ1) is 29.8. The Kier molecular flexibility index (Phi) is 9.18. The second kappa shape index (κ2) is 12.7. The number of hydrogen-bond donors (Lipinski definition) is 0. The van der Waals surface area contributed by atoms with E-state index in [2.05, 4.69) is 33.0 Å². The van der Waals surface area contributed by atoms with Crippen molar-refractivity contribution in [2.45, 2.75) is 37.1 Å². The Hall–Kier alpha value is -2.72. The van der Waals surface area contributed by atoms with Crippen LogP contribution in [0.15, 0.2) is 76.1 Å². The minimum Gasteiger partial charge on any atom is -0.340 e. The summed E-state index contributed by atoms with van der Waals surface area (Å²) in [4.78, 5) is 31.4. The summed E-state index contributed by atoms with van der Waals surface area (Å²) in [7, 11) is -3.76. The van der Waals surface area contributed by atoms with Crippen LogP contribution < -0.4 is 4.90 Å². The van der Waals surface area contributed by atoms with Gasteiger partial charge in [-0.15, -0.1) is 0 Å². The molecule has 3 aromatic rings. The molecule has 0 unspecified atom stereocenters. The van der Waals surface area contributed by atoms with Gasteiger partial charge < -0.3 is 9.80 Å². The second-order valence-corrected chi connectivity index (χ2v) is 13.8. The number of rotatable bonds is 8. The molecule has 5 rings (SSSR count). The monoisotopic (exact) mass is 657 g/mol. The summed E-state index contributed by atoms with van der Waals surface area (Å²) in [6, 6.07) is 21.5. The molecule has 1 atom stereocenters. The van der Waals surface area contributed by atoms with Crippen LogP contribution in [0.5, 0.6) is 0 Å². The molecule has 2 heterocycles. The number of carbonyl (C=O) groups excluding carboxylic acids is 2. The number of anilines is 1. The van der Waals surface area contributed by atoms with E-state index in [1.54, 1.807) is 28.9 Å². The first-order valence-corrected chi connectivity index (χ1v) is 16.7. The van der Waals surface area contributed by atoms with E-state index in [0.29, 0.717) is 60.7 Å². The van der Waals surface area contributed by atoms with Gasteiger partial charge in [0.1, 0.15) is 0 Å². The van der Waals surface area contributed by atoms with Crippen LogP contribution in [0.25, 0.3) is 0 Å². The Bertz CT molecular complexity index is 1520. The van der Waals surface area contributed by atoms with Crippen molar-refractivity contribution in [2.75, 3.05) is 43.4 Å². The summed E-state index contributed by atoms with van der Waals surface area (Å²) in [5.74, 6) is -0.492. The Balaban J connectivity index is 1.24. The average Bonchev–Trinajstić information content (AvgIpc) is 3.40. The number of carbonyl (C=O) groups is 2. The van der Waals surface area contributed by atoms with Gasteiger partial charge in [0.05, 0.1) is 16.7 Å². The number of fused-ring (bicyclic) bond motifs is 1. The van der Waals surface area contributed by atoms with Gasteiger partial charge in [-0.1, -0.05) is 61.0 Å². The summed E-state index contributed by atoms with van der Waals surface area (Å²) < 4.78 is 27.2. The normalized spacial score (nSPS) is 16.5. The minimum absolute atomic E-state index is 0.0300. The fourth-order valence-corrected chi connectivity index (χ4v) is 8.26. The van der Waals surface area contributed by atoms with Gasteiger partial charge in [0.15, 0.2) is 9.84 Å². The van der Waals surface area contributed by atoms with E-state index in [4.69, 9.17) is 11.6 Å². The van der Waals surface area contributed by atoms with E-state index in [0.717, 1.165) is 11.1 Å². The SMILES string of the molecule is CCC(=O)N1CCc2cc(Br)c(S(=O)(=O)CCC(=O)N3CCN([C@H](c4ccccc4)c4ccc(Cl)cc4)CC3)cc21. The zero-order chi connectivity index (χ0) is 29.1. The van der Waals surface area contributed by atoms with Gasteiger partial charge in [-0.2, -0.15) is 0 Å². The topological polar surface area (TPSA) is 78.0 Å². The summed E-state index contributed by atoms with van der Waals surface area (Å²) in [6.07, 6.45) is 0.946. The van der Waals surface area contributed by atoms with Crippen molar-refractivity contribution in [2.24, 2.45) is 0 Å². The van der Waals surface area contributed by atoms with Crippen LogP contribution in [0.3, 0.4) is 0 Å². The van der Waals surface area contributed by atoms with Gasteiger partial charge in [0.2, 0.25) is 11.8 Å². The number of benzene rings is 3. The van der Waals surface area contributed by atoms with E-state index in [9.17, 15) is 18.0 Å². The zero-order valence-corrected chi connectivity index (χ0v) is 26.1. The number of amides is 2. The van der Waals surface area contributed by atoms with Crippen LogP contribution in [0.4, 0.5) is 5.69 Å². The van der Waals surface area contributed by atoms with Crippen LogP contribution in [-0.2, 0) is 25.8 Å². The lowest BCUT2D eigenvalue weighted by Gasteiger charge is -2.40. The maximum absolute atomic E-state index is 13.3. The lowest BCUT2D eigenvalue weighted by molar-refractivity contribution is -0.132. The maximum Gasteiger partial charge on any atom is 0.226 e. The highest BCUT2D eigenvalue weighted by Crippen LogP contribution is 2.36. The highest BCUT2D eigenvalue weighted by atomic mass is 79.9. The molecule has 2 amide bonds. The van der Waals surface area contributed by atoms with Gasteiger partial charge in [-0.3, -0.25) is 14.5 Å². The van der Waals surface area contributed by atoms with Crippen molar-refractivity contribution in [3.8, 4) is 0 Å². The summed E-state index contributed by atoms with van der Waals surface area (Å²) in [6.45, 7) is 4.71. The lowest BCUT2D eigenvalue weighted by Crippen LogP contribution is -2.50. The van der Waals surface area contributed by atoms with Gasteiger partial charge >= 0.3 is 0 Å². The van der Waals surface area contributed by atoms with Crippen molar-refractivity contribution in [1.29, 1.82) is 0 Å². The molecule has 1 saturated heterocycles. The van der Waals surface area contributed by atoms with E-state index in [1.165, 1.54) is 5.56 Å². The molecule has 0 spiro atoms. The third-order valence-corrected chi connectivity index (χ3v) is 10.8. The Morgan fingerprint density at radius 2 is 1.56 bits per heavy atom. The lowest BCUT2D eigenvalue weighted by atomic mass is 9.96. The van der Waals surface area contributed by atoms with E-state index in [-0.39, 0.29) is 34.9 Å². The molecule has 0 bridgehead atoms. The molecular formula is C31H33BrClN3O4S. The predicted octanol–water partition coefficient (Wildman–Crippen LogP) is 5.50. The van der Waals surface area contributed by atoms with Crippen LogP contribution in [0.2, 0.25) is 5.02 Å².